The van der Waals surface area contributed by atoms with Gasteiger partial charge in [0.15, 0.2) is 0 Å². The van der Waals surface area contributed by atoms with E-state index in [1.165, 1.54) is 26.8 Å². The smallest absolute Gasteiger partial charge is 0.416 e. The summed E-state index contributed by atoms with van der Waals surface area (Å²) in [4.78, 5) is 22.4. The lowest BCUT2D eigenvalue weighted by Crippen LogP contribution is -2.49. The number of carbonyl (C=O) groups is 1. The summed E-state index contributed by atoms with van der Waals surface area (Å²) in [5, 5.41) is 20.2. The van der Waals surface area contributed by atoms with Gasteiger partial charge < -0.3 is 5.11 Å². The lowest BCUT2D eigenvalue weighted by atomic mass is 9.97. The number of nitrogens with zero attached hydrogens (tertiary/aromatic N) is 2. The van der Waals surface area contributed by atoms with Crippen LogP contribution in [-0.4, -0.2) is 33.1 Å². The molecule has 0 heterocycles. The molecule has 1 aromatic rings. The maximum atomic E-state index is 12.8. The molecule has 0 bridgehead atoms. The van der Waals surface area contributed by atoms with Crippen LogP contribution in [0.2, 0.25) is 0 Å². The third-order valence-corrected chi connectivity index (χ3v) is 3.16. The minimum atomic E-state index is -4.62. The van der Waals surface area contributed by atoms with Crippen LogP contribution in [-0.2, 0) is 6.18 Å². The Kier molecular flexibility index (Phi) is 5.24. The second kappa shape index (κ2) is 6.43. The Bertz CT molecular complexity index is 596. The van der Waals surface area contributed by atoms with Gasteiger partial charge in [0.05, 0.1) is 5.56 Å². The van der Waals surface area contributed by atoms with Gasteiger partial charge in [-0.1, -0.05) is 12.1 Å². The van der Waals surface area contributed by atoms with Crippen molar-refractivity contribution < 1.29 is 28.0 Å². The summed E-state index contributed by atoms with van der Waals surface area (Å²) in [5.41, 5.74) is -2.09. The van der Waals surface area contributed by atoms with Gasteiger partial charge in [0.1, 0.15) is 6.04 Å². The van der Waals surface area contributed by atoms with Gasteiger partial charge in [0.25, 0.3) is 0 Å². The first-order valence-electron chi connectivity index (χ1n) is 6.65. The highest BCUT2D eigenvalue weighted by molar-refractivity contribution is 5.67. The van der Waals surface area contributed by atoms with Gasteiger partial charge in [-0.05, 0) is 38.5 Å². The van der Waals surface area contributed by atoms with Crippen molar-refractivity contribution in [3.63, 3.8) is 0 Å². The van der Waals surface area contributed by atoms with Gasteiger partial charge in [0.2, 0.25) is 6.54 Å². The zero-order chi connectivity index (χ0) is 18.0. The minimum Gasteiger partial charge on any atom is -0.465 e. The fraction of sp³-hybridized carbons (Fsp3) is 0.500. The Labute approximate surface area is 130 Å². The third-order valence-electron chi connectivity index (χ3n) is 3.16. The van der Waals surface area contributed by atoms with Crippen molar-refractivity contribution in [2.75, 3.05) is 6.54 Å². The van der Waals surface area contributed by atoms with Crippen LogP contribution in [0.3, 0.4) is 0 Å². The highest BCUT2D eigenvalue weighted by atomic mass is 19.4. The molecule has 1 amide bonds. The zero-order valence-electron chi connectivity index (χ0n) is 12.8. The zero-order valence-corrected chi connectivity index (χ0v) is 12.8. The molecule has 0 aromatic heterocycles. The normalized spacial score (nSPS) is 13.5. The van der Waals surface area contributed by atoms with Crippen molar-refractivity contribution in [1.82, 2.24) is 4.90 Å². The van der Waals surface area contributed by atoms with Crippen LogP contribution < -0.4 is 0 Å². The fourth-order valence-electron chi connectivity index (χ4n) is 2.29. The molecule has 0 saturated carbocycles. The SMILES string of the molecule is CC(C)(C)N(C(=O)O)C(C[N+](=O)[O-])c1cccc(C(F)(F)F)c1. The lowest BCUT2D eigenvalue weighted by Gasteiger charge is -2.38. The standard InChI is InChI=1S/C14H17F3N2O4/c1-13(2,3)19(12(20)21)11(8-18(22)23)9-5-4-6-10(7-9)14(15,16)17/h4-7,11H,8H2,1-3H3,(H,20,21). The molecule has 0 radical (unpaired) electrons. The Morgan fingerprint density at radius 3 is 2.30 bits per heavy atom. The average Bonchev–Trinajstić information content (AvgIpc) is 2.34. The molecule has 23 heavy (non-hydrogen) atoms. The van der Waals surface area contributed by atoms with Crippen LogP contribution in [0.25, 0.3) is 0 Å². The van der Waals surface area contributed by atoms with E-state index in [2.05, 4.69) is 0 Å². The predicted molar refractivity (Wildman–Crippen MR) is 75.7 cm³/mol. The highest BCUT2D eigenvalue weighted by Gasteiger charge is 2.38. The summed E-state index contributed by atoms with van der Waals surface area (Å²) in [7, 11) is 0. The largest absolute Gasteiger partial charge is 0.465 e. The molecule has 1 rings (SSSR count). The van der Waals surface area contributed by atoms with Gasteiger partial charge in [-0.25, -0.2) is 4.79 Å². The maximum Gasteiger partial charge on any atom is 0.416 e. The molecule has 0 saturated heterocycles. The molecule has 6 nitrogen and oxygen atoms in total. The number of halogens is 3. The monoisotopic (exact) mass is 334 g/mol. The molecule has 1 unspecified atom stereocenters. The molecule has 0 aliphatic carbocycles. The van der Waals surface area contributed by atoms with Crippen LogP contribution in [0.5, 0.6) is 0 Å². The predicted octanol–water partition coefficient (Wildman–Crippen LogP) is 3.80. The van der Waals surface area contributed by atoms with Crippen LogP contribution in [0.15, 0.2) is 24.3 Å². The second-order valence-corrected chi connectivity index (χ2v) is 5.98. The van der Waals surface area contributed by atoms with Crippen molar-refractivity contribution >= 4 is 6.09 Å². The van der Waals surface area contributed by atoms with E-state index < -0.39 is 40.9 Å². The molecular formula is C14H17F3N2O4. The summed E-state index contributed by atoms with van der Waals surface area (Å²) < 4.78 is 38.5. The van der Waals surface area contributed by atoms with Gasteiger partial charge in [-0.2, -0.15) is 13.2 Å². The van der Waals surface area contributed by atoms with Crippen molar-refractivity contribution in [3.05, 3.63) is 45.5 Å². The molecule has 9 heteroatoms. The Balaban J connectivity index is 3.42. The van der Waals surface area contributed by atoms with Crippen LogP contribution in [0.4, 0.5) is 18.0 Å². The van der Waals surface area contributed by atoms with Crippen molar-refractivity contribution in [3.8, 4) is 0 Å². The maximum absolute atomic E-state index is 12.8. The quantitative estimate of drug-likeness (QED) is 0.670. The fourth-order valence-corrected chi connectivity index (χ4v) is 2.29. The van der Waals surface area contributed by atoms with Gasteiger partial charge in [0, 0.05) is 10.5 Å². The molecule has 0 spiro atoms. The number of hydrogen-bond donors (Lipinski definition) is 1. The summed E-state index contributed by atoms with van der Waals surface area (Å²) in [5.74, 6) is 0. The van der Waals surface area contributed by atoms with E-state index in [-0.39, 0.29) is 5.56 Å². The summed E-state index contributed by atoms with van der Waals surface area (Å²) in [6.45, 7) is 3.72. The topological polar surface area (TPSA) is 83.7 Å². The Hall–Kier alpha value is -2.32. The minimum absolute atomic E-state index is 0.0751. The molecule has 1 N–H and O–H groups in total. The van der Waals surface area contributed by atoms with Crippen LogP contribution in [0, 0.1) is 10.1 Å². The van der Waals surface area contributed by atoms with Crippen molar-refractivity contribution in [1.29, 1.82) is 0 Å². The van der Waals surface area contributed by atoms with E-state index in [1.807, 2.05) is 0 Å². The number of carboxylic acid groups (broad SMARTS) is 1. The first-order chi connectivity index (χ1) is 10.3. The lowest BCUT2D eigenvalue weighted by molar-refractivity contribution is -0.488. The average molecular weight is 334 g/mol. The van der Waals surface area contributed by atoms with E-state index >= 15 is 0 Å². The van der Waals surface area contributed by atoms with Gasteiger partial charge in [-0.15, -0.1) is 0 Å². The van der Waals surface area contributed by atoms with E-state index in [9.17, 15) is 33.2 Å². The molecular weight excluding hydrogens is 317 g/mol. The summed E-state index contributed by atoms with van der Waals surface area (Å²) in [6, 6.07) is 2.61. The molecule has 0 fully saturated rings. The van der Waals surface area contributed by atoms with Crippen LogP contribution in [0.1, 0.15) is 37.9 Å². The first kappa shape index (κ1) is 18.7. The molecule has 128 valence electrons. The Morgan fingerprint density at radius 2 is 1.91 bits per heavy atom. The third kappa shape index (κ3) is 4.83. The molecule has 1 atom stereocenters. The molecule has 1 aromatic carbocycles. The number of benzene rings is 1. The molecule has 0 aliphatic heterocycles. The highest BCUT2D eigenvalue weighted by Crippen LogP contribution is 2.34. The van der Waals surface area contributed by atoms with Gasteiger partial charge in [-0.3, -0.25) is 15.0 Å². The van der Waals surface area contributed by atoms with Crippen molar-refractivity contribution in [2.24, 2.45) is 0 Å². The Morgan fingerprint density at radius 1 is 1.35 bits per heavy atom. The van der Waals surface area contributed by atoms with Gasteiger partial charge >= 0.3 is 12.3 Å². The summed E-state index contributed by atoms with van der Waals surface area (Å²) >= 11 is 0. The number of nitro groups is 1. The van der Waals surface area contributed by atoms with E-state index in [4.69, 9.17) is 0 Å². The molecule has 0 aliphatic rings. The number of amides is 1. The van der Waals surface area contributed by atoms with E-state index in [1.54, 1.807) is 0 Å². The number of alkyl halides is 3. The summed E-state index contributed by atoms with van der Waals surface area (Å²) in [6.07, 6.45) is -6.06. The van der Waals surface area contributed by atoms with Crippen molar-refractivity contribution in [2.45, 2.75) is 38.5 Å². The van der Waals surface area contributed by atoms with E-state index in [0.29, 0.717) is 0 Å². The second-order valence-electron chi connectivity index (χ2n) is 5.98. The number of rotatable bonds is 4. The first-order valence-corrected chi connectivity index (χ1v) is 6.65. The van der Waals surface area contributed by atoms with E-state index in [0.717, 1.165) is 23.1 Å². The number of hydrogen-bond acceptors (Lipinski definition) is 3. The van der Waals surface area contributed by atoms with Crippen LogP contribution >= 0.6 is 0 Å².